The lowest BCUT2D eigenvalue weighted by Crippen LogP contribution is -2.18. The summed E-state index contributed by atoms with van der Waals surface area (Å²) in [6.45, 7) is 0. The lowest BCUT2D eigenvalue weighted by atomic mass is 10.1. The summed E-state index contributed by atoms with van der Waals surface area (Å²) in [5.41, 5.74) is 0.961. The van der Waals surface area contributed by atoms with Gasteiger partial charge in [-0.2, -0.15) is 0 Å². The van der Waals surface area contributed by atoms with Crippen molar-refractivity contribution < 1.29 is 4.79 Å². The molecule has 1 atom stereocenters. The highest BCUT2D eigenvalue weighted by Crippen LogP contribution is 2.20. The van der Waals surface area contributed by atoms with E-state index in [1.807, 2.05) is 18.2 Å². The third-order valence-corrected chi connectivity index (χ3v) is 2.04. The van der Waals surface area contributed by atoms with Gasteiger partial charge in [0.25, 0.3) is 0 Å². The van der Waals surface area contributed by atoms with E-state index >= 15 is 0 Å². The van der Waals surface area contributed by atoms with Gasteiger partial charge in [0.2, 0.25) is 5.91 Å². The Morgan fingerprint density at radius 3 is 3.00 bits per heavy atom. The lowest BCUT2D eigenvalue weighted by Gasteiger charge is -2.07. The zero-order valence-corrected chi connectivity index (χ0v) is 6.66. The maximum absolute atomic E-state index is 10.9. The molecule has 1 N–H and O–H groups in total. The number of carbonyl (C=O) groups excluding carboxylic acids is 1. The molecule has 2 heterocycles. The maximum atomic E-state index is 10.9. The van der Waals surface area contributed by atoms with Crippen molar-refractivity contribution in [1.29, 1.82) is 0 Å². The summed E-state index contributed by atoms with van der Waals surface area (Å²) in [6.07, 6.45) is 3.25. The predicted molar refractivity (Wildman–Crippen MR) is 44.4 cm³/mol. The molecule has 1 aliphatic rings. The Hall–Kier alpha value is -1.38. The molecule has 1 fully saturated rings. The van der Waals surface area contributed by atoms with Crippen LogP contribution in [0.1, 0.15) is 24.6 Å². The molecule has 62 valence electrons. The van der Waals surface area contributed by atoms with Crippen LogP contribution in [-0.2, 0) is 4.79 Å². The van der Waals surface area contributed by atoms with E-state index in [9.17, 15) is 4.79 Å². The van der Waals surface area contributed by atoms with Crippen molar-refractivity contribution in [3.63, 3.8) is 0 Å². The SMILES string of the molecule is O=C1CC[C@@H](c2ccccn2)N1. The Morgan fingerprint density at radius 2 is 2.42 bits per heavy atom. The standard InChI is InChI=1S/C9H10N2O/c12-9-5-4-8(11-9)7-3-1-2-6-10-7/h1-3,6,8H,4-5H2,(H,11,12)/t8-/m0/s1. The van der Waals surface area contributed by atoms with E-state index < -0.39 is 0 Å². The Balaban J connectivity index is 2.16. The van der Waals surface area contributed by atoms with Crippen LogP contribution in [0.5, 0.6) is 0 Å². The maximum Gasteiger partial charge on any atom is 0.220 e. The number of amides is 1. The molecular weight excluding hydrogens is 152 g/mol. The fraction of sp³-hybridized carbons (Fsp3) is 0.333. The number of carbonyl (C=O) groups is 1. The first-order valence-electron chi connectivity index (χ1n) is 4.06. The monoisotopic (exact) mass is 162 g/mol. The molecule has 0 spiro atoms. The molecule has 1 aliphatic heterocycles. The van der Waals surface area contributed by atoms with Gasteiger partial charge in [-0.3, -0.25) is 9.78 Å². The van der Waals surface area contributed by atoms with Crippen LogP contribution in [0, 0.1) is 0 Å². The first kappa shape index (κ1) is 7.28. The van der Waals surface area contributed by atoms with Gasteiger partial charge in [0, 0.05) is 12.6 Å². The molecular formula is C9H10N2O. The number of pyridine rings is 1. The molecule has 1 amide bonds. The Bertz CT molecular complexity index is 284. The zero-order valence-electron chi connectivity index (χ0n) is 6.66. The molecule has 0 aromatic carbocycles. The lowest BCUT2D eigenvalue weighted by molar-refractivity contribution is -0.119. The number of hydrogen-bond acceptors (Lipinski definition) is 2. The molecule has 1 aromatic heterocycles. The van der Waals surface area contributed by atoms with Gasteiger partial charge in [-0.05, 0) is 18.6 Å². The van der Waals surface area contributed by atoms with Crippen molar-refractivity contribution in [2.24, 2.45) is 0 Å². The molecule has 12 heavy (non-hydrogen) atoms. The van der Waals surface area contributed by atoms with Crippen LogP contribution in [0.2, 0.25) is 0 Å². The average molecular weight is 162 g/mol. The van der Waals surface area contributed by atoms with Crippen LogP contribution in [-0.4, -0.2) is 10.9 Å². The van der Waals surface area contributed by atoms with E-state index in [0.717, 1.165) is 12.1 Å². The topological polar surface area (TPSA) is 42.0 Å². The van der Waals surface area contributed by atoms with Crippen molar-refractivity contribution >= 4 is 5.91 Å². The highest BCUT2D eigenvalue weighted by atomic mass is 16.1. The quantitative estimate of drug-likeness (QED) is 0.670. The highest BCUT2D eigenvalue weighted by molar-refractivity contribution is 5.78. The largest absolute Gasteiger partial charge is 0.348 e. The molecule has 0 bridgehead atoms. The van der Waals surface area contributed by atoms with Crippen LogP contribution in [0.3, 0.4) is 0 Å². The first-order valence-corrected chi connectivity index (χ1v) is 4.06. The minimum atomic E-state index is 0.130. The normalized spacial score (nSPS) is 22.3. The molecule has 1 saturated heterocycles. The van der Waals surface area contributed by atoms with E-state index in [-0.39, 0.29) is 11.9 Å². The summed E-state index contributed by atoms with van der Waals surface area (Å²) >= 11 is 0. The van der Waals surface area contributed by atoms with Gasteiger partial charge in [-0.1, -0.05) is 6.07 Å². The number of aromatic nitrogens is 1. The van der Waals surface area contributed by atoms with E-state index in [1.165, 1.54) is 0 Å². The third kappa shape index (κ3) is 1.30. The van der Waals surface area contributed by atoms with Gasteiger partial charge in [-0.25, -0.2) is 0 Å². The second kappa shape index (κ2) is 2.93. The van der Waals surface area contributed by atoms with Gasteiger partial charge in [-0.15, -0.1) is 0 Å². The summed E-state index contributed by atoms with van der Waals surface area (Å²) in [6, 6.07) is 5.89. The van der Waals surface area contributed by atoms with Crippen molar-refractivity contribution in [1.82, 2.24) is 10.3 Å². The summed E-state index contributed by atoms with van der Waals surface area (Å²) in [4.78, 5) is 15.1. The summed E-state index contributed by atoms with van der Waals surface area (Å²) in [7, 11) is 0. The van der Waals surface area contributed by atoms with E-state index in [2.05, 4.69) is 10.3 Å². The van der Waals surface area contributed by atoms with Crippen LogP contribution in [0.25, 0.3) is 0 Å². The number of nitrogens with zero attached hydrogens (tertiary/aromatic N) is 1. The second-order valence-electron chi connectivity index (χ2n) is 2.91. The number of rotatable bonds is 1. The second-order valence-corrected chi connectivity index (χ2v) is 2.91. The van der Waals surface area contributed by atoms with Gasteiger partial charge < -0.3 is 5.32 Å². The van der Waals surface area contributed by atoms with E-state index in [4.69, 9.17) is 0 Å². The predicted octanol–water partition coefficient (Wildman–Crippen LogP) is 1.03. The molecule has 0 saturated carbocycles. The minimum absolute atomic E-state index is 0.130. The van der Waals surface area contributed by atoms with Crippen molar-refractivity contribution in [3.05, 3.63) is 30.1 Å². The summed E-state index contributed by atoms with van der Waals surface area (Å²) in [5, 5.41) is 2.87. The minimum Gasteiger partial charge on any atom is -0.348 e. The average Bonchev–Trinajstić information content (AvgIpc) is 2.54. The van der Waals surface area contributed by atoms with E-state index in [1.54, 1.807) is 6.20 Å². The van der Waals surface area contributed by atoms with E-state index in [0.29, 0.717) is 6.42 Å². The van der Waals surface area contributed by atoms with Crippen molar-refractivity contribution in [3.8, 4) is 0 Å². The fourth-order valence-corrected chi connectivity index (χ4v) is 1.42. The first-order chi connectivity index (χ1) is 5.86. The Kier molecular flexibility index (Phi) is 1.78. The molecule has 0 aliphatic carbocycles. The molecule has 0 unspecified atom stereocenters. The van der Waals surface area contributed by atoms with Crippen LogP contribution < -0.4 is 5.32 Å². The fourth-order valence-electron chi connectivity index (χ4n) is 1.42. The molecule has 3 heteroatoms. The third-order valence-electron chi connectivity index (χ3n) is 2.04. The Morgan fingerprint density at radius 1 is 1.50 bits per heavy atom. The number of hydrogen-bond donors (Lipinski definition) is 1. The van der Waals surface area contributed by atoms with Crippen LogP contribution in [0.4, 0.5) is 0 Å². The molecule has 0 radical (unpaired) electrons. The van der Waals surface area contributed by atoms with Gasteiger partial charge >= 0.3 is 0 Å². The summed E-state index contributed by atoms with van der Waals surface area (Å²) < 4.78 is 0. The highest BCUT2D eigenvalue weighted by Gasteiger charge is 2.22. The van der Waals surface area contributed by atoms with Crippen LogP contribution >= 0.6 is 0 Å². The van der Waals surface area contributed by atoms with Gasteiger partial charge in [0.05, 0.1) is 11.7 Å². The molecule has 1 aromatic rings. The van der Waals surface area contributed by atoms with Crippen LogP contribution in [0.15, 0.2) is 24.4 Å². The van der Waals surface area contributed by atoms with Gasteiger partial charge in [0.15, 0.2) is 0 Å². The van der Waals surface area contributed by atoms with Gasteiger partial charge in [0.1, 0.15) is 0 Å². The zero-order chi connectivity index (χ0) is 8.39. The summed E-state index contributed by atoms with van der Waals surface area (Å²) in [5.74, 6) is 0.130. The smallest absolute Gasteiger partial charge is 0.220 e. The van der Waals surface area contributed by atoms with Crippen molar-refractivity contribution in [2.75, 3.05) is 0 Å². The molecule has 3 nitrogen and oxygen atoms in total. The van der Waals surface area contributed by atoms with Crippen molar-refractivity contribution in [2.45, 2.75) is 18.9 Å². The Labute approximate surface area is 70.8 Å². The number of nitrogens with one attached hydrogen (secondary N) is 1. The molecule has 2 rings (SSSR count).